The van der Waals surface area contributed by atoms with E-state index in [0.29, 0.717) is 17.3 Å². The first-order valence-corrected chi connectivity index (χ1v) is 7.71. The van der Waals surface area contributed by atoms with E-state index in [1.54, 1.807) is 21.1 Å². The van der Waals surface area contributed by atoms with Gasteiger partial charge in [-0.3, -0.25) is 0 Å². The smallest absolute Gasteiger partial charge is 0.244 e. The summed E-state index contributed by atoms with van der Waals surface area (Å²) in [6.07, 6.45) is 3.59. The van der Waals surface area contributed by atoms with Gasteiger partial charge in [-0.15, -0.1) is 11.6 Å². The molecule has 2 rings (SSSR count). The molecule has 1 heterocycles. The number of hydrogen-bond donors (Lipinski definition) is 0. The fraction of sp³-hybridized carbons (Fsp3) is 0.636. The molecule has 0 radical (unpaired) electrons. The number of aromatic nitrogens is 1. The predicted molar refractivity (Wildman–Crippen MR) is 67.6 cm³/mol. The largest absolute Gasteiger partial charge is 0.352 e. The molecule has 6 heteroatoms. The van der Waals surface area contributed by atoms with Gasteiger partial charge in [-0.05, 0) is 18.9 Å². The Kier molecular flexibility index (Phi) is 3.52. The second kappa shape index (κ2) is 4.63. The second-order valence-corrected chi connectivity index (χ2v) is 6.51. The van der Waals surface area contributed by atoms with Crippen LogP contribution >= 0.6 is 11.6 Å². The maximum Gasteiger partial charge on any atom is 0.244 e. The molecule has 0 aliphatic heterocycles. The van der Waals surface area contributed by atoms with Crippen LogP contribution in [0, 0.1) is 0 Å². The van der Waals surface area contributed by atoms with Crippen molar-refractivity contribution in [3.8, 4) is 0 Å². The Balaban J connectivity index is 2.36. The number of halogens is 1. The highest BCUT2D eigenvalue weighted by Gasteiger charge is 2.37. The summed E-state index contributed by atoms with van der Waals surface area (Å²) < 4.78 is 28.1. The van der Waals surface area contributed by atoms with Gasteiger partial charge in [0.2, 0.25) is 10.0 Å². The molecule has 0 amide bonds. The Hall–Kier alpha value is -0.520. The Morgan fingerprint density at radius 1 is 1.53 bits per heavy atom. The van der Waals surface area contributed by atoms with Crippen LogP contribution < -0.4 is 0 Å². The van der Waals surface area contributed by atoms with Crippen LogP contribution in [-0.2, 0) is 23.0 Å². The lowest BCUT2D eigenvalue weighted by Crippen LogP contribution is -2.32. The van der Waals surface area contributed by atoms with Crippen LogP contribution in [0.5, 0.6) is 0 Å². The van der Waals surface area contributed by atoms with Gasteiger partial charge in [0.25, 0.3) is 0 Å². The van der Waals surface area contributed by atoms with Crippen molar-refractivity contribution in [2.24, 2.45) is 7.05 Å². The van der Waals surface area contributed by atoms with Crippen molar-refractivity contribution < 1.29 is 8.42 Å². The van der Waals surface area contributed by atoms with Gasteiger partial charge in [-0.2, -0.15) is 4.31 Å². The van der Waals surface area contributed by atoms with Crippen LogP contribution in [0.15, 0.2) is 17.2 Å². The zero-order chi connectivity index (χ0) is 12.6. The van der Waals surface area contributed by atoms with Gasteiger partial charge < -0.3 is 4.57 Å². The molecule has 0 N–H and O–H groups in total. The fourth-order valence-electron chi connectivity index (χ4n) is 1.97. The van der Waals surface area contributed by atoms with Crippen molar-refractivity contribution >= 4 is 21.6 Å². The number of nitrogens with zero attached hydrogens (tertiary/aromatic N) is 2. The number of sulfonamides is 1. The van der Waals surface area contributed by atoms with E-state index in [4.69, 9.17) is 11.6 Å². The Bertz CT molecular complexity index is 506. The molecule has 1 aromatic rings. The van der Waals surface area contributed by atoms with Crippen LogP contribution in [-0.4, -0.2) is 29.9 Å². The number of aryl methyl sites for hydroxylation is 1. The summed E-state index contributed by atoms with van der Waals surface area (Å²) in [6.45, 7) is 2.40. The normalized spacial score (nSPS) is 16.7. The minimum Gasteiger partial charge on any atom is -0.352 e. The van der Waals surface area contributed by atoms with Crippen LogP contribution in [0.3, 0.4) is 0 Å². The van der Waals surface area contributed by atoms with Gasteiger partial charge >= 0.3 is 0 Å². The Morgan fingerprint density at radius 2 is 2.18 bits per heavy atom. The average Bonchev–Trinajstić information content (AvgIpc) is 3.01. The quantitative estimate of drug-likeness (QED) is 0.772. The molecule has 0 spiro atoms. The van der Waals surface area contributed by atoms with Gasteiger partial charge in [0.15, 0.2) is 0 Å². The average molecular weight is 277 g/mol. The first kappa shape index (κ1) is 12.9. The molecule has 17 heavy (non-hydrogen) atoms. The maximum absolute atomic E-state index is 12.4. The highest BCUT2D eigenvalue weighted by atomic mass is 35.5. The fourth-order valence-corrected chi connectivity index (χ4v) is 4.03. The summed E-state index contributed by atoms with van der Waals surface area (Å²) in [5.74, 6) is 0.321. The Labute approximate surface area is 107 Å². The molecule has 96 valence electrons. The Morgan fingerprint density at radius 3 is 2.59 bits per heavy atom. The summed E-state index contributed by atoms with van der Waals surface area (Å²) in [4.78, 5) is 0.351. The van der Waals surface area contributed by atoms with Crippen molar-refractivity contribution in [3.05, 3.63) is 18.0 Å². The van der Waals surface area contributed by atoms with Crippen molar-refractivity contribution in [2.45, 2.75) is 36.6 Å². The molecular formula is C11H17ClN2O2S. The zero-order valence-corrected chi connectivity index (χ0v) is 11.6. The molecule has 0 bridgehead atoms. The van der Waals surface area contributed by atoms with Gasteiger partial charge in [-0.1, -0.05) is 6.92 Å². The molecule has 0 unspecified atom stereocenters. The van der Waals surface area contributed by atoms with E-state index in [2.05, 4.69) is 0 Å². The minimum atomic E-state index is -3.35. The monoisotopic (exact) mass is 276 g/mol. The van der Waals surface area contributed by atoms with Crippen molar-refractivity contribution in [3.63, 3.8) is 0 Å². The summed E-state index contributed by atoms with van der Waals surface area (Å²) >= 11 is 5.75. The van der Waals surface area contributed by atoms with E-state index in [0.717, 1.165) is 18.5 Å². The third-order valence-corrected chi connectivity index (χ3v) is 5.36. The summed E-state index contributed by atoms with van der Waals surface area (Å²) in [7, 11) is -1.54. The topological polar surface area (TPSA) is 42.3 Å². The van der Waals surface area contributed by atoms with Gasteiger partial charge in [0.1, 0.15) is 4.90 Å². The molecule has 1 fully saturated rings. The van der Waals surface area contributed by atoms with E-state index < -0.39 is 10.0 Å². The third-order valence-electron chi connectivity index (χ3n) is 3.09. The SMILES string of the molecule is CCN(C1CC1)S(=O)(=O)c1cc(CCl)n(C)c1. The standard InChI is InChI=1S/C11H17ClN2O2S/c1-3-14(9-4-5-9)17(15,16)11-6-10(7-12)13(2)8-11/h6,8-9H,3-5,7H2,1-2H3. The molecule has 1 aromatic heterocycles. The van der Waals surface area contributed by atoms with E-state index in [1.165, 1.54) is 0 Å². The first-order chi connectivity index (χ1) is 8.00. The molecule has 1 aliphatic rings. The van der Waals surface area contributed by atoms with Crippen LogP contribution in [0.25, 0.3) is 0 Å². The number of hydrogen-bond acceptors (Lipinski definition) is 2. The van der Waals surface area contributed by atoms with E-state index in [9.17, 15) is 8.42 Å². The lowest BCUT2D eigenvalue weighted by atomic mass is 10.5. The van der Waals surface area contributed by atoms with Crippen LogP contribution in [0.2, 0.25) is 0 Å². The van der Waals surface area contributed by atoms with E-state index >= 15 is 0 Å². The lowest BCUT2D eigenvalue weighted by Gasteiger charge is -2.18. The number of alkyl halides is 1. The third kappa shape index (κ3) is 2.37. The predicted octanol–water partition coefficient (Wildman–Crippen LogP) is 1.94. The van der Waals surface area contributed by atoms with Crippen molar-refractivity contribution in [1.29, 1.82) is 0 Å². The zero-order valence-electron chi connectivity index (χ0n) is 10.1. The van der Waals surface area contributed by atoms with Crippen LogP contribution in [0.4, 0.5) is 0 Å². The molecular weight excluding hydrogens is 260 g/mol. The van der Waals surface area contributed by atoms with Gasteiger partial charge in [0.05, 0.1) is 5.88 Å². The lowest BCUT2D eigenvalue weighted by molar-refractivity contribution is 0.421. The molecule has 4 nitrogen and oxygen atoms in total. The number of rotatable bonds is 5. The summed E-state index contributed by atoms with van der Waals surface area (Å²) in [6, 6.07) is 1.86. The van der Waals surface area contributed by atoms with Crippen LogP contribution in [0.1, 0.15) is 25.5 Å². The van der Waals surface area contributed by atoms with E-state index in [1.807, 2.05) is 14.0 Å². The first-order valence-electron chi connectivity index (χ1n) is 5.73. The van der Waals surface area contributed by atoms with Gasteiger partial charge in [-0.25, -0.2) is 8.42 Å². The molecule has 1 aliphatic carbocycles. The van der Waals surface area contributed by atoms with E-state index in [-0.39, 0.29) is 6.04 Å². The second-order valence-electron chi connectivity index (χ2n) is 4.35. The van der Waals surface area contributed by atoms with Crippen molar-refractivity contribution in [1.82, 2.24) is 8.87 Å². The molecule has 0 aromatic carbocycles. The molecule has 1 saturated carbocycles. The van der Waals surface area contributed by atoms with Gasteiger partial charge in [0, 0.05) is 31.5 Å². The summed E-state index contributed by atoms with van der Waals surface area (Å²) in [5.41, 5.74) is 0.817. The maximum atomic E-state index is 12.4. The highest BCUT2D eigenvalue weighted by Crippen LogP contribution is 2.32. The highest BCUT2D eigenvalue weighted by molar-refractivity contribution is 7.89. The molecule has 0 saturated heterocycles. The minimum absolute atomic E-state index is 0.199. The summed E-state index contributed by atoms with van der Waals surface area (Å²) in [5, 5.41) is 0. The van der Waals surface area contributed by atoms with Crippen molar-refractivity contribution in [2.75, 3.05) is 6.54 Å². The molecule has 0 atom stereocenters.